The van der Waals surface area contributed by atoms with Gasteiger partial charge in [0.2, 0.25) is 0 Å². The van der Waals surface area contributed by atoms with Crippen LogP contribution in [0.15, 0.2) is 24.3 Å². The van der Waals surface area contributed by atoms with Crippen LogP contribution < -0.4 is 5.73 Å². The van der Waals surface area contributed by atoms with Gasteiger partial charge in [0.1, 0.15) is 5.84 Å². The van der Waals surface area contributed by atoms with E-state index in [0.29, 0.717) is 5.84 Å². The van der Waals surface area contributed by atoms with Crippen molar-refractivity contribution in [2.24, 2.45) is 0 Å². The summed E-state index contributed by atoms with van der Waals surface area (Å²) in [5, 5.41) is 7.64. The number of anilines is 1. The molecule has 0 aliphatic rings. The topological polar surface area (TPSA) is 53.1 Å². The third-order valence-electron chi connectivity index (χ3n) is 1.63. The van der Waals surface area contributed by atoms with Crippen molar-refractivity contribution in [2.75, 3.05) is 19.8 Å². The first-order valence-corrected chi connectivity index (χ1v) is 3.73. The number of amidine groups is 1. The maximum Gasteiger partial charge on any atom is 0.127 e. The lowest BCUT2D eigenvalue weighted by Gasteiger charge is -2.13. The van der Waals surface area contributed by atoms with Gasteiger partial charge in [0, 0.05) is 25.3 Å². The monoisotopic (exact) mass is 163 g/mol. The zero-order valence-corrected chi connectivity index (χ0v) is 7.33. The Morgan fingerprint density at radius 1 is 1.25 bits per heavy atom. The van der Waals surface area contributed by atoms with Crippen LogP contribution in [0.4, 0.5) is 5.69 Å². The molecule has 0 unspecified atom stereocenters. The Kier molecular flexibility index (Phi) is 2.33. The van der Waals surface area contributed by atoms with E-state index in [2.05, 4.69) is 0 Å². The fraction of sp³-hybridized carbons (Fsp3) is 0.222. The highest BCUT2D eigenvalue weighted by Crippen LogP contribution is 2.06. The lowest BCUT2D eigenvalue weighted by Crippen LogP contribution is -2.21. The molecule has 0 radical (unpaired) electrons. The number of hydrogen-bond acceptors (Lipinski definition) is 2. The molecule has 0 aliphatic heterocycles. The van der Waals surface area contributed by atoms with E-state index < -0.39 is 0 Å². The minimum atomic E-state index is 0.495. The zero-order valence-electron chi connectivity index (χ0n) is 7.33. The van der Waals surface area contributed by atoms with Gasteiger partial charge in [-0.1, -0.05) is 0 Å². The van der Waals surface area contributed by atoms with Crippen LogP contribution in [-0.2, 0) is 0 Å². The van der Waals surface area contributed by atoms with Gasteiger partial charge in [-0.3, -0.25) is 5.41 Å². The Morgan fingerprint density at radius 3 is 2.17 bits per heavy atom. The first-order chi connectivity index (χ1) is 5.61. The summed E-state index contributed by atoms with van der Waals surface area (Å²) in [7, 11) is 3.69. The quantitative estimate of drug-likeness (QED) is 0.371. The van der Waals surface area contributed by atoms with Crippen molar-refractivity contribution in [1.29, 1.82) is 5.41 Å². The Bertz CT molecular complexity index is 274. The Balaban J connectivity index is 2.90. The van der Waals surface area contributed by atoms with Crippen molar-refractivity contribution >= 4 is 11.5 Å². The highest BCUT2D eigenvalue weighted by molar-refractivity contribution is 5.96. The fourth-order valence-electron chi connectivity index (χ4n) is 0.899. The molecule has 1 rings (SSSR count). The van der Waals surface area contributed by atoms with Crippen LogP contribution >= 0.6 is 0 Å². The minimum Gasteiger partial charge on any atom is -0.399 e. The molecule has 1 aromatic carbocycles. The summed E-state index contributed by atoms with van der Waals surface area (Å²) in [6, 6.07) is 7.29. The smallest absolute Gasteiger partial charge is 0.127 e. The second-order valence-electron chi connectivity index (χ2n) is 2.87. The summed E-state index contributed by atoms with van der Waals surface area (Å²) >= 11 is 0. The molecular weight excluding hydrogens is 150 g/mol. The summed E-state index contributed by atoms with van der Waals surface area (Å²) in [4.78, 5) is 1.76. The first kappa shape index (κ1) is 8.59. The highest BCUT2D eigenvalue weighted by Gasteiger charge is 2.01. The molecule has 0 spiro atoms. The van der Waals surface area contributed by atoms with Gasteiger partial charge >= 0.3 is 0 Å². The second kappa shape index (κ2) is 3.26. The number of nitrogens with two attached hydrogens (primary N) is 1. The van der Waals surface area contributed by atoms with Gasteiger partial charge in [-0.15, -0.1) is 0 Å². The number of benzene rings is 1. The number of hydrogen-bond donors (Lipinski definition) is 2. The predicted octanol–water partition coefficient (Wildman–Crippen LogP) is 1.16. The second-order valence-corrected chi connectivity index (χ2v) is 2.87. The molecular formula is C9H13N3. The van der Waals surface area contributed by atoms with Crippen molar-refractivity contribution < 1.29 is 0 Å². The van der Waals surface area contributed by atoms with E-state index in [1.807, 2.05) is 26.2 Å². The van der Waals surface area contributed by atoms with Crippen LogP contribution in [0.3, 0.4) is 0 Å². The SMILES string of the molecule is CN(C)C(=N)c1ccc(N)cc1. The number of rotatable bonds is 1. The minimum absolute atomic E-state index is 0.495. The first-order valence-electron chi connectivity index (χ1n) is 3.73. The normalized spacial score (nSPS) is 9.50. The van der Waals surface area contributed by atoms with Crippen LogP contribution in [-0.4, -0.2) is 24.8 Å². The van der Waals surface area contributed by atoms with Crippen molar-refractivity contribution in [3.8, 4) is 0 Å². The molecule has 0 heterocycles. The molecule has 1 aromatic rings. The van der Waals surface area contributed by atoms with Crippen molar-refractivity contribution in [3.63, 3.8) is 0 Å². The van der Waals surface area contributed by atoms with E-state index in [-0.39, 0.29) is 0 Å². The van der Waals surface area contributed by atoms with E-state index in [0.717, 1.165) is 11.3 Å². The fourth-order valence-corrected chi connectivity index (χ4v) is 0.899. The maximum atomic E-state index is 7.64. The van der Waals surface area contributed by atoms with E-state index in [4.69, 9.17) is 11.1 Å². The summed E-state index contributed by atoms with van der Waals surface area (Å²) < 4.78 is 0. The van der Waals surface area contributed by atoms with Crippen LogP contribution in [0.2, 0.25) is 0 Å². The van der Waals surface area contributed by atoms with Crippen molar-refractivity contribution in [1.82, 2.24) is 4.90 Å². The van der Waals surface area contributed by atoms with Gasteiger partial charge in [-0.05, 0) is 24.3 Å². The standard InChI is InChI=1S/C9H13N3/c1-12(2)9(11)7-3-5-8(10)6-4-7/h3-6,11H,10H2,1-2H3. The van der Waals surface area contributed by atoms with Gasteiger partial charge in [0.15, 0.2) is 0 Å². The zero-order chi connectivity index (χ0) is 9.14. The van der Waals surface area contributed by atoms with Gasteiger partial charge < -0.3 is 10.6 Å². The van der Waals surface area contributed by atoms with Crippen molar-refractivity contribution in [2.45, 2.75) is 0 Å². The van der Waals surface area contributed by atoms with Crippen LogP contribution in [0.1, 0.15) is 5.56 Å². The Hall–Kier alpha value is -1.51. The number of nitrogens with one attached hydrogen (secondary N) is 1. The van der Waals surface area contributed by atoms with E-state index in [9.17, 15) is 0 Å². The highest BCUT2D eigenvalue weighted by atomic mass is 15.1. The van der Waals surface area contributed by atoms with Crippen LogP contribution in [0, 0.1) is 5.41 Å². The molecule has 0 bridgehead atoms. The Labute approximate surface area is 72.3 Å². The van der Waals surface area contributed by atoms with Crippen LogP contribution in [0.25, 0.3) is 0 Å². The van der Waals surface area contributed by atoms with Gasteiger partial charge in [-0.2, -0.15) is 0 Å². The number of nitrogen functional groups attached to an aromatic ring is 1. The Morgan fingerprint density at radius 2 is 1.75 bits per heavy atom. The molecule has 0 aromatic heterocycles. The van der Waals surface area contributed by atoms with Crippen LogP contribution in [0.5, 0.6) is 0 Å². The molecule has 0 fully saturated rings. The number of nitrogens with zero attached hydrogens (tertiary/aromatic N) is 1. The lowest BCUT2D eigenvalue weighted by atomic mass is 10.2. The average molecular weight is 163 g/mol. The largest absolute Gasteiger partial charge is 0.399 e. The average Bonchev–Trinajstić information content (AvgIpc) is 2.04. The molecule has 12 heavy (non-hydrogen) atoms. The molecule has 3 heteroatoms. The van der Waals surface area contributed by atoms with E-state index >= 15 is 0 Å². The third-order valence-corrected chi connectivity index (χ3v) is 1.63. The predicted molar refractivity (Wildman–Crippen MR) is 51.4 cm³/mol. The van der Waals surface area contributed by atoms with E-state index in [1.54, 1.807) is 17.0 Å². The summed E-state index contributed by atoms with van der Waals surface area (Å²) in [5.41, 5.74) is 7.13. The molecule has 0 amide bonds. The molecule has 0 atom stereocenters. The summed E-state index contributed by atoms with van der Waals surface area (Å²) in [6.07, 6.45) is 0. The molecule has 0 saturated carbocycles. The molecule has 0 aliphatic carbocycles. The third kappa shape index (κ3) is 1.75. The van der Waals surface area contributed by atoms with E-state index in [1.165, 1.54) is 0 Å². The molecule has 3 nitrogen and oxygen atoms in total. The van der Waals surface area contributed by atoms with Gasteiger partial charge in [0.25, 0.3) is 0 Å². The van der Waals surface area contributed by atoms with Crippen molar-refractivity contribution in [3.05, 3.63) is 29.8 Å². The summed E-state index contributed by atoms with van der Waals surface area (Å²) in [6.45, 7) is 0. The van der Waals surface area contributed by atoms with Gasteiger partial charge in [0.05, 0.1) is 0 Å². The molecule has 0 saturated heterocycles. The molecule has 64 valence electrons. The summed E-state index contributed by atoms with van der Waals surface area (Å²) in [5.74, 6) is 0.495. The lowest BCUT2D eigenvalue weighted by molar-refractivity contribution is 0.619. The molecule has 3 N–H and O–H groups in total. The van der Waals surface area contributed by atoms with Gasteiger partial charge in [-0.25, -0.2) is 0 Å². The maximum absolute atomic E-state index is 7.64.